The Morgan fingerprint density at radius 1 is 1.45 bits per heavy atom. The molecular formula is C14H12BrF2NO3S. The van der Waals surface area contributed by atoms with Crippen molar-refractivity contribution in [3.63, 3.8) is 0 Å². The molecule has 0 N–H and O–H groups in total. The number of thiazole rings is 1. The monoisotopic (exact) mass is 391 g/mol. The Bertz CT molecular complexity index is 664. The summed E-state index contributed by atoms with van der Waals surface area (Å²) in [6, 6.07) is 4.18. The third-order valence-corrected chi connectivity index (χ3v) is 4.15. The Morgan fingerprint density at radius 2 is 2.18 bits per heavy atom. The summed E-state index contributed by atoms with van der Waals surface area (Å²) >= 11 is 4.01. The number of methoxy groups -OCH3 is 1. The summed E-state index contributed by atoms with van der Waals surface area (Å²) in [6.45, 7) is 1.43. The van der Waals surface area contributed by atoms with Gasteiger partial charge in [0.1, 0.15) is 5.75 Å². The number of aromatic nitrogens is 1. The molecule has 2 aromatic rings. The largest absolute Gasteiger partial charge is 0.478 e. The molecule has 2 rings (SSSR count). The van der Waals surface area contributed by atoms with Crippen LogP contribution in [-0.4, -0.2) is 24.2 Å². The first-order chi connectivity index (χ1) is 10.4. The van der Waals surface area contributed by atoms with Crippen molar-refractivity contribution in [3.8, 4) is 5.75 Å². The molecule has 8 heteroatoms. The summed E-state index contributed by atoms with van der Waals surface area (Å²) in [5.74, 6) is -4.07. The van der Waals surface area contributed by atoms with Crippen molar-refractivity contribution >= 4 is 33.2 Å². The highest BCUT2D eigenvalue weighted by Crippen LogP contribution is 2.42. The lowest BCUT2D eigenvalue weighted by molar-refractivity contribution is -0.148. The molecule has 118 valence electrons. The van der Waals surface area contributed by atoms with E-state index < -0.39 is 18.0 Å². The number of ether oxygens (including phenoxy) is 2. The summed E-state index contributed by atoms with van der Waals surface area (Å²) < 4.78 is 39.6. The Morgan fingerprint density at radius 3 is 2.77 bits per heavy atom. The van der Waals surface area contributed by atoms with Crippen LogP contribution in [0.25, 0.3) is 0 Å². The number of alkyl halides is 2. The average Bonchev–Trinajstić information content (AvgIpc) is 3.03. The average molecular weight is 392 g/mol. The van der Waals surface area contributed by atoms with Crippen molar-refractivity contribution in [3.05, 3.63) is 44.8 Å². The van der Waals surface area contributed by atoms with Gasteiger partial charge in [0.15, 0.2) is 11.1 Å². The SMILES string of the molecule is COC(=O)[C@H](C)Oc1ccc(Br)cc1C(F)(F)c1nccs1. The highest BCUT2D eigenvalue weighted by molar-refractivity contribution is 9.10. The third-order valence-electron chi connectivity index (χ3n) is 2.82. The first-order valence-electron chi connectivity index (χ1n) is 6.18. The molecule has 0 bridgehead atoms. The smallest absolute Gasteiger partial charge is 0.346 e. The number of benzene rings is 1. The predicted octanol–water partition coefficient (Wildman–Crippen LogP) is 3.99. The van der Waals surface area contributed by atoms with Crippen molar-refractivity contribution in [1.82, 2.24) is 4.98 Å². The minimum Gasteiger partial charge on any atom is -0.478 e. The van der Waals surface area contributed by atoms with E-state index >= 15 is 0 Å². The van der Waals surface area contributed by atoms with Gasteiger partial charge in [-0.15, -0.1) is 11.3 Å². The number of halogens is 3. The van der Waals surface area contributed by atoms with Gasteiger partial charge in [-0.1, -0.05) is 15.9 Å². The molecule has 4 nitrogen and oxygen atoms in total. The van der Waals surface area contributed by atoms with E-state index in [2.05, 4.69) is 25.7 Å². The second-order valence-corrected chi connectivity index (χ2v) is 6.15. The fourth-order valence-electron chi connectivity index (χ4n) is 1.75. The normalized spacial score (nSPS) is 12.8. The fourth-order valence-corrected chi connectivity index (χ4v) is 2.74. The molecular weight excluding hydrogens is 380 g/mol. The molecule has 0 spiro atoms. The third kappa shape index (κ3) is 3.44. The van der Waals surface area contributed by atoms with Gasteiger partial charge in [-0.25, -0.2) is 9.78 Å². The zero-order chi connectivity index (χ0) is 16.3. The van der Waals surface area contributed by atoms with E-state index in [1.165, 1.54) is 37.7 Å². The maximum absolute atomic E-state index is 14.6. The molecule has 0 amide bonds. The van der Waals surface area contributed by atoms with Crippen molar-refractivity contribution in [2.45, 2.75) is 19.0 Å². The minimum atomic E-state index is -3.33. The molecule has 0 unspecified atom stereocenters. The van der Waals surface area contributed by atoms with E-state index in [9.17, 15) is 13.6 Å². The molecule has 0 saturated carbocycles. The summed E-state index contributed by atoms with van der Waals surface area (Å²) in [7, 11) is 1.20. The van der Waals surface area contributed by atoms with Gasteiger partial charge in [0.25, 0.3) is 0 Å². The highest BCUT2D eigenvalue weighted by atomic mass is 79.9. The van der Waals surface area contributed by atoms with Gasteiger partial charge in [0, 0.05) is 16.0 Å². The summed E-state index contributed by atoms with van der Waals surface area (Å²) in [6.07, 6.45) is 0.306. The standard InChI is InChI=1S/C14H12BrF2NO3S/c1-8(12(19)20-2)21-11-4-3-9(15)7-10(11)14(16,17)13-18-5-6-22-13/h3-8H,1-2H3/t8-/m0/s1. The molecule has 22 heavy (non-hydrogen) atoms. The zero-order valence-electron chi connectivity index (χ0n) is 11.7. The van der Waals surface area contributed by atoms with Crippen LogP contribution >= 0.6 is 27.3 Å². The lowest BCUT2D eigenvalue weighted by Gasteiger charge is -2.20. The second-order valence-electron chi connectivity index (χ2n) is 4.34. The molecule has 0 aliphatic carbocycles. The topological polar surface area (TPSA) is 48.4 Å². The highest BCUT2D eigenvalue weighted by Gasteiger charge is 2.40. The van der Waals surface area contributed by atoms with Crippen molar-refractivity contribution in [2.75, 3.05) is 7.11 Å². The summed E-state index contributed by atoms with van der Waals surface area (Å²) in [4.78, 5) is 15.1. The molecule has 1 heterocycles. The first kappa shape index (κ1) is 16.8. The van der Waals surface area contributed by atoms with E-state index in [-0.39, 0.29) is 16.3 Å². The number of hydrogen-bond donors (Lipinski definition) is 0. The van der Waals surface area contributed by atoms with Crippen LogP contribution in [-0.2, 0) is 15.5 Å². The maximum atomic E-state index is 14.6. The Balaban J connectivity index is 2.42. The number of carbonyl (C=O) groups excluding carboxylic acids is 1. The quantitative estimate of drug-likeness (QED) is 0.723. The van der Waals surface area contributed by atoms with Crippen molar-refractivity contribution < 1.29 is 23.0 Å². The van der Waals surface area contributed by atoms with E-state index in [4.69, 9.17) is 4.74 Å². The second kappa shape index (κ2) is 6.70. The van der Waals surface area contributed by atoms with Gasteiger partial charge < -0.3 is 9.47 Å². The van der Waals surface area contributed by atoms with E-state index in [0.29, 0.717) is 4.47 Å². The van der Waals surface area contributed by atoms with Gasteiger partial charge in [0.05, 0.1) is 12.7 Å². The number of nitrogens with zero attached hydrogens (tertiary/aromatic N) is 1. The maximum Gasteiger partial charge on any atom is 0.346 e. The first-order valence-corrected chi connectivity index (χ1v) is 7.85. The van der Waals surface area contributed by atoms with Gasteiger partial charge in [-0.05, 0) is 25.1 Å². The van der Waals surface area contributed by atoms with E-state index in [1.807, 2.05) is 0 Å². The van der Waals surface area contributed by atoms with Crippen molar-refractivity contribution in [2.24, 2.45) is 0 Å². The zero-order valence-corrected chi connectivity index (χ0v) is 14.1. The van der Waals surface area contributed by atoms with Crippen LogP contribution in [0.4, 0.5) is 8.78 Å². The minimum absolute atomic E-state index is 0.0960. The van der Waals surface area contributed by atoms with Gasteiger partial charge in [-0.3, -0.25) is 0 Å². The van der Waals surface area contributed by atoms with Crippen LogP contribution in [0.3, 0.4) is 0 Å². The fraction of sp³-hybridized carbons (Fsp3) is 0.286. The Kier molecular flexibility index (Phi) is 5.12. The molecule has 0 aliphatic rings. The molecule has 0 radical (unpaired) electrons. The predicted molar refractivity (Wildman–Crippen MR) is 81.4 cm³/mol. The van der Waals surface area contributed by atoms with Crippen LogP contribution in [0.15, 0.2) is 34.2 Å². The Hall–Kier alpha value is -1.54. The van der Waals surface area contributed by atoms with Gasteiger partial charge in [-0.2, -0.15) is 8.78 Å². The van der Waals surface area contributed by atoms with E-state index in [0.717, 1.165) is 11.3 Å². The van der Waals surface area contributed by atoms with Gasteiger partial charge >= 0.3 is 11.9 Å². The molecule has 1 aromatic heterocycles. The molecule has 0 aliphatic heterocycles. The molecule has 1 aromatic carbocycles. The molecule has 0 fully saturated rings. The van der Waals surface area contributed by atoms with Crippen LogP contribution in [0.1, 0.15) is 17.5 Å². The van der Waals surface area contributed by atoms with Crippen LogP contribution in [0.2, 0.25) is 0 Å². The van der Waals surface area contributed by atoms with E-state index in [1.54, 1.807) is 6.07 Å². The molecule has 1 atom stereocenters. The van der Waals surface area contributed by atoms with Crippen LogP contribution in [0, 0.1) is 0 Å². The number of rotatable bonds is 5. The lowest BCUT2D eigenvalue weighted by atomic mass is 10.1. The summed E-state index contributed by atoms with van der Waals surface area (Å²) in [5.41, 5.74) is -0.368. The Labute approximate surface area is 138 Å². The number of esters is 1. The van der Waals surface area contributed by atoms with Crippen LogP contribution < -0.4 is 4.74 Å². The summed E-state index contributed by atoms with van der Waals surface area (Å²) in [5, 5.41) is 1.12. The number of hydrogen-bond acceptors (Lipinski definition) is 5. The molecule has 0 saturated heterocycles. The number of carbonyl (C=O) groups is 1. The van der Waals surface area contributed by atoms with Crippen molar-refractivity contribution in [1.29, 1.82) is 0 Å². The van der Waals surface area contributed by atoms with Crippen LogP contribution in [0.5, 0.6) is 5.75 Å². The van der Waals surface area contributed by atoms with Gasteiger partial charge in [0.2, 0.25) is 0 Å². The lowest BCUT2D eigenvalue weighted by Crippen LogP contribution is -2.26.